The first kappa shape index (κ1) is 23.8. The number of hydrogen-bond donors (Lipinski definition) is 0. The number of rotatable bonds is 7. The quantitative estimate of drug-likeness (QED) is 0.306. The van der Waals surface area contributed by atoms with Crippen molar-refractivity contribution < 1.29 is 23.4 Å². The summed E-state index contributed by atoms with van der Waals surface area (Å²) >= 11 is 6.18. The van der Waals surface area contributed by atoms with E-state index in [1.165, 1.54) is 0 Å². The molecule has 7 nitrogen and oxygen atoms in total. The minimum atomic E-state index is -0.755. The van der Waals surface area contributed by atoms with Gasteiger partial charge in [-0.25, -0.2) is 0 Å². The SMILES string of the molecule is CCOc1ccc(N2C(=O)c3oc4ccc(Cl)cc4c(=O)c3C2c2ccc(OCC)c(OC)c2)cc1. The van der Waals surface area contributed by atoms with Crippen LogP contribution in [0.5, 0.6) is 17.2 Å². The smallest absolute Gasteiger partial charge is 0.295 e. The lowest BCUT2D eigenvalue weighted by Crippen LogP contribution is -2.29. The number of benzene rings is 3. The predicted molar refractivity (Wildman–Crippen MR) is 138 cm³/mol. The standard InChI is InChI=1S/C28H24ClNO6/c1-4-34-19-10-8-18(9-11-19)30-25(16-6-12-22(35-5-2)23(14-16)33-3)24-26(31)20-15-17(29)7-13-21(20)36-27(24)28(30)32/h6-15,25H,4-5H2,1-3H3. The Morgan fingerprint density at radius 3 is 2.36 bits per heavy atom. The van der Waals surface area contributed by atoms with E-state index in [0.717, 1.165) is 0 Å². The highest BCUT2D eigenvalue weighted by molar-refractivity contribution is 6.31. The molecule has 1 unspecified atom stereocenters. The summed E-state index contributed by atoms with van der Waals surface area (Å²) in [5, 5.41) is 0.715. The van der Waals surface area contributed by atoms with Gasteiger partial charge in [-0.15, -0.1) is 0 Å². The number of ether oxygens (including phenoxy) is 3. The summed E-state index contributed by atoms with van der Waals surface area (Å²) < 4.78 is 22.8. The molecule has 4 aromatic rings. The van der Waals surface area contributed by atoms with Crippen molar-refractivity contribution in [1.82, 2.24) is 0 Å². The largest absolute Gasteiger partial charge is 0.494 e. The zero-order valence-corrected chi connectivity index (χ0v) is 20.8. The Morgan fingerprint density at radius 1 is 0.917 bits per heavy atom. The molecule has 184 valence electrons. The van der Waals surface area contributed by atoms with Crippen molar-refractivity contribution in [2.24, 2.45) is 0 Å². The van der Waals surface area contributed by atoms with Crippen molar-refractivity contribution in [2.75, 3.05) is 25.2 Å². The number of hydrogen-bond acceptors (Lipinski definition) is 6. The van der Waals surface area contributed by atoms with Crippen LogP contribution < -0.4 is 24.5 Å². The zero-order valence-electron chi connectivity index (χ0n) is 20.0. The minimum absolute atomic E-state index is 0.00144. The average molecular weight is 506 g/mol. The molecule has 5 rings (SSSR count). The number of anilines is 1. The lowest BCUT2D eigenvalue weighted by molar-refractivity contribution is 0.0971. The van der Waals surface area contributed by atoms with Gasteiger partial charge in [0.2, 0.25) is 5.76 Å². The summed E-state index contributed by atoms with van der Waals surface area (Å²) in [7, 11) is 1.55. The molecule has 1 aliphatic rings. The molecule has 1 atom stereocenters. The van der Waals surface area contributed by atoms with Gasteiger partial charge >= 0.3 is 0 Å². The number of fused-ring (bicyclic) bond motifs is 2. The number of methoxy groups -OCH3 is 1. The van der Waals surface area contributed by atoms with Crippen molar-refractivity contribution in [3.05, 3.63) is 92.8 Å². The molecule has 1 aromatic heterocycles. The van der Waals surface area contributed by atoms with E-state index >= 15 is 0 Å². The van der Waals surface area contributed by atoms with E-state index < -0.39 is 11.9 Å². The van der Waals surface area contributed by atoms with Gasteiger partial charge in [0, 0.05) is 10.7 Å². The van der Waals surface area contributed by atoms with Crippen LogP contribution in [0.25, 0.3) is 11.0 Å². The van der Waals surface area contributed by atoms with Crippen LogP contribution in [0.2, 0.25) is 5.02 Å². The minimum Gasteiger partial charge on any atom is -0.494 e. The van der Waals surface area contributed by atoms with Crippen molar-refractivity contribution in [3.8, 4) is 17.2 Å². The molecule has 8 heteroatoms. The van der Waals surface area contributed by atoms with Gasteiger partial charge in [0.05, 0.1) is 37.3 Å². The monoisotopic (exact) mass is 505 g/mol. The highest BCUT2D eigenvalue weighted by Crippen LogP contribution is 2.43. The lowest BCUT2D eigenvalue weighted by atomic mass is 9.97. The van der Waals surface area contributed by atoms with Gasteiger partial charge in [0.1, 0.15) is 11.3 Å². The second kappa shape index (κ2) is 9.59. The fourth-order valence-electron chi connectivity index (χ4n) is 4.53. The Balaban J connectivity index is 1.74. The van der Waals surface area contributed by atoms with Crippen LogP contribution in [-0.2, 0) is 0 Å². The second-order valence-electron chi connectivity index (χ2n) is 8.16. The molecule has 2 heterocycles. The first-order chi connectivity index (χ1) is 17.5. The molecule has 0 fully saturated rings. The van der Waals surface area contributed by atoms with E-state index in [2.05, 4.69) is 0 Å². The first-order valence-corrected chi connectivity index (χ1v) is 12.0. The molecule has 3 aromatic carbocycles. The van der Waals surface area contributed by atoms with Gasteiger partial charge in [-0.05, 0) is 74.0 Å². The van der Waals surface area contributed by atoms with E-state index in [1.807, 2.05) is 19.9 Å². The Bertz CT molecular complexity index is 1510. The summed E-state index contributed by atoms with van der Waals surface area (Å²) in [6.45, 7) is 4.77. The Hall–Kier alpha value is -3.97. The third-order valence-electron chi connectivity index (χ3n) is 6.06. The van der Waals surface area contributed by atoms with Crippen LogP contribution in [0, 0.1) is 0 Å². The summed E-state index contributed by atoms with van der Waals surface area (Å²) in [4.78, 5) is 29.1. The van der Waals surface area contributed by atoms with E-state index in [0.29, 0.717) is 57.7 Å². The summed E-state index contributed by atoms with van der Waals surface area (Å²) in [5.41, 5.74) is 1.50. The molecule has 1 amide bonds. The van der Waals surface area contributed by atoms with Crippen LogP contribution in [0.15, 0.2) is 69.9 Å². The number of nitrogens with zero attached hydrogens (tertiary/aromatic N) is 1. The van der Waals surface area contributed by atoms with Gasteiger partial charge in [-0.1, -0.05) is 17.7 Å². The molecule has 0 bridgehead atoms. The summed E-state index contributed by atoms with van der Waals surface area (Å²) in [6.07, 6.45) is 0. The molecular formula is C28H24ClNO6. The maximum atomic E-state index is 13.8. The van der Waals surface area contributed by atoms with Gasteiger partial charge in [-0.3, -0.25) is 14.5 Å². The topological polar surface area (TPSA) is 78.2 Å². The van der Waals surface area contributed by atoms with Crippen LogP contribution in [0.1, 0.15) is 41.6 Å². The van der Waals surface area contributed by atoms with E-state index in [1.54, 1.807) is 66.6 Å². The van der Waals surface area contributed by atoms with E-state index in [9.17, 15) is 9.59 Å². The molecule has 36 heavy (non-hydrogen) atoms. The van der Waals surface area contributed by atoms with Crippen LogP contribution in [0.4, 0.5) is 5.69 Å². The van der Waals surface area contributed by atoms with E-state index in [-0.39, 0.29) is 16.8 Å². The number of carbonyl (C=O) groups is 1. The highest BCUT2D eigenvalue weighted by Gasteiger charge is 2.44. The van der Waals surface area contributed by atoms with Crippen molar-refractivity contribution >= 4 is 34.2 Å². The van der Waals surface area contributed by atoms with Crippen LogP contribution in [-0.4, -0.2) is 26.2 Å². The fraction of sp³-hybridized carbons (Fsp3) is 0.214. The fourth-order valence-corrected chi connectivity index (χ4v) is 4.70. The van der Waals surface area contributed by atoms with Gasteiger partial charge in [0.15, 0.2) is 16.9 Å². The number of carbonyl (C=O) groups excluding carboxylic acids is 1. The molecular weight excluding hydrogens is 482 g/mol. The summed E-state index contributed by atoms with van der Waals surface area (Å²) in [5.74, 6) is 1.33. The third-order valence-corrected chi connectivity index (χ3v) is 6.30. The highest BCUT2D eigenvalue weighted by atomic mass is 35.5. The third kappa shape index (κ3) is 3.95. The first-order valence-electron chi connectivity index (χ1n) is 11.6. The molecule has 0 aliphatic carbocycles. The average Bonchev–Trinajstić information content (AvgIpc) is 3.18. The predicted octanol–water partition coefficient (Wildman–Crippen LogP) is 6.00. The molecule has 0 N–H and O–H groups in total. The molecule has 0 radical (unpaired) electrons. The van der Waals surface area contributed by atoms with Crippen molar-refractivity contribution in [3.63, 3.8) is 0 Å². The van der Waals surface area contributed by atoms with Crippen molar-refractivity contribution in [2.45, 2.75) is 19.9 Å². The Morgan fingerprint density at radius 2 is 1.67 bits per heavy atom. The van der Waals surface area contributed by atoms with Crippen LogP contribution >= 0.6 is 11.6 Å². The van der Waals surface area contributed by atoms with Gasteiger partial charge < -0.3 is 18.6 Å². The van der Waals surface area contributed by atoms with Gasteiger partial charge in [0.25, 0.3) is 5.91 Å². The maximum absolute atomic E-state index is 13.8. The number of halogens is 1. The van der Waals surface area contributed by atoms with E-state index in [4.69, 9.17) is 30.2 Å². The molecule has 0 saturated heterocycles. The lowest BCUT2D eigenvalue weighted by Gasteiger charge is -2.26. The molecule has 0 spiro atoms. The van der Waals surface area contributed by atoms with Crippen LogP contribution in [0.3, 0.4) is 0 Å². The molecule has 1 aliphatic heterocycles. The normalized spacial score (nSPS) is 14.7. The zero-order chi connectivity index (χ0) is 25.4. The Kier molecular flexibility index (Phi) is 6.33. The summed E-state index contributed by atoms with van der Waals surface area (Å²) in [6, 6.07) is 16.5. The van der Waals surface area contributed by atoms with Crippen molar-refractivity contribution in [1.29, 1.82) is 0 Å². The number of amides is 1. The second-order valence-corrected chi connectivity index (χ2v) is 8.60. The Labute approximate surface area is 212 Å². The molecule has 0 saturated carbocycles. The van der Waals surface area contributed by atoms with Gasteiger partial charge in [-0.2, -0.15) is 0 Å². The maximum Gasteiger partial charge on any atom is 0.295 e.